The second kappa shape index (κ2) is 15.0. The van der Waals surface area contributed by atoms with Gasteiger partial charge in [0, 0.05) is 0 Å². The summed E-state index contributed by atoms with van der Waals surface area (Å²) in [6.07, 6.45) is 29.5. The van der Waals surface area contributed by atoms with Crippen LogP contribution in [0.3, 0.4) is 0 Å². The number of hydrogen-bond acceptors (Lipinski definition) is 0. The minimum absolute atomic E-state index is 0.975. The zero-order chi connectivity index (χ0) is 22.4. The van der Waals surface area contributed by atoms with Crippen molar-refractivity contribution >= 4 is 0 Å². The lowest BCUT2D eigenvalue weighted by molar-refractivity contribution is 0.234. The smallest absolute Gasteiger partial charge is 0.0241 e. The predicted octanol–water partition coefficient (Wildman–Crippen LogP) is 10.2. The number of benzene rings is 1. The molecule has 0 N–H and O–H groups in total. The van der Waals surface area contributed by atoms with Gasteiger partial charge in [0.25, 0.3) is 0 Å². The van der Waals surface area contributed by atoms with E-state index < -0.39 is 0 Å². The Hall–Kier alpha value is -1.04. The van der Waals surface area contributed by atoms with Gasteiger partial charge in [-0.1, -0.05) is 120 Å². The third-order valence-electron chi connectivity index (χ3n) is 8.61. The van der Waals surface area contributed by atoms with Crippen molar-refractivity contribution in [3.63, 3.8) is 0 Å². The maximum absolute atomic E-state index is 2.62. The molecule has 0 amide bonds. The zero-order valence-electron chi connectivity index (χ0n) is 21.6. The Labute approximate surface area is 200 Å². The number of rotatable bonds is 14. The Morgan fingerprint density at radius 1 is 0.594 bits per heavy atom. The third kappa shape index (κ3) is 9.44. The van der Waals surface area contributed by atoms with Crippen molar-refractivity contribution in [3.8, 4) is 0 Å². The molecule has 0 saturated heterocycles. The van der Waals surface area contributed by atoms with Gasteiger partial charge in [-0.25, -0.2) is 0 Å². The highest BCUT2D eigenvalue weighted by Gasteiger charge is 2.22. The molecule has 1 atom stereocenters. The Bertz CT molecular complexity index is 629. The van der Waals surface area contributed by atoms with Crippen LogP contribution < -0.4 is 0 Å². The van der Waals surface area contributed by atoms with Crippen LogP contribution in [0.25, 0.3) is 0 Å². The van der Waals surface area contributed by atoms with Gasteiger partial charge >= 0.3 is 0 Å². The average molecular weight is 437 g/mol. The number of allylic oxidation sites excluding steroid dienone is 2. The van der Waals surface area contributed by atoms with Gasteiger partial charge in [-0.15, -0.1) is 0 Å². The molecule has 0 spiro atoms. The molecule has 1 unspecified atom stereocenters. The fourth-order valence-electron chi connectivity index (χ4n) is 6.15. The molecule has 2 aliphatic carbocycles. The van der Waals surface area contributed by atoms with E-state index in [0.717, 1.165) is 17.8 Å². The van der Waals surface area contributed by atoms with Crippen LogP contribution >= 0.6 is 0 Å². The fraction of sp³-hybridized carbons (Fsp3) is 0.750. The van der Waals surface area contributed by atoms with Gasteiger partial charge in [0.05, 0.1) is 0 Å². The van der Waals surface area contributed by atoms with E-state index in [-0.39, 0.29) is 0 Å². The van der Waals surface area contributed by atoms with Crippen molar-refractivity contribution in [1.82, 2.24) is 0 Å². The molecule has 0 radical (unpaired) electrons. The molecule has 0 aliphatic heterocycles. The van der Waals surface area contributed by atoms with Crippen LogP contribution in [0.15, 0.2) is 35.9 Å². The summed E-state index contributed by atoms with van der Waals surface area (Å²) < 4.78 is 0. The van der Waals surface area contributed by atoms with Gasteiger partial charge in [0.15, 0.2) is 0 Å². The van der Waals surface area contributed by atoms with Gasteiger partial charge in [0.2, 0.25) is 0 Å². The number of unbranched alkanes of at least 4 members (excludes halogenated alkanes) is 4. The summed E-state index contributed by atoms with van der Waals surface area (Å²) in [6.45, 7) is 4.61. The van der Waals surface area contributed by atoms with Crippen LogP contribution in [0.5, 0.6) is 0 Å². The zero-order valence-corrected chi connectivity index (χ0v) is 21.6. The first-order chi connectivity index (χ1) is 15.8. The molecular weight excluding hydrogens is 384 g/mol. The van der Waals surface area contributed by atoms with Gasteiger partial charge in [-0.3, -0.25) is 0 Å². The summed E-state index contributed by atoms with van der Waals surface area (Å²) in [6, 6.07) is 9.50. The summed E-state index contributed by atoms with van der Waals surface area (Å²) >= 11 is 0. The molecule has 2 aliphatic rings. The normalized spacial score (nSPS) is 23.8. The minimum Gasteiger partial charge on any atom is -0.0850 e. The Morgan fingerprint density at radius 3 is 1.81 bits per heavy atom. The topological polar surface area (TPSA) is 0 Å². The van der Waals surface area contributed by atoms with E-state index >= 15 is 0 Å². The van der Waals surface area contributed by atoms with Crippen molar-refractivity contribution in [2.45, 2.75) is 136 Å². The summed E-state index contributed by atoms with van der Waals surface area (Å²) in [5.41, 5.74) is 4.78. The second-order valence-electron chi connectivity index (χ2n) is 11.2. The van der Waals surface area contributed by atoms with E-state index in [1.807, 2.05) is 0 Å². The first kappa shape index (κ1) is 25.6. The van der Waals surface area contributed by atoms with E-state index in [9.17, 15) is 0 Å². The van der Waals surface area contributed by atoms with Crippen molar-refractivity contribution in [2.75, 3.05) is 0 Å². The summed E-state index contributed by atoms with van der Waals surface area (Å²) in [5, 5.41) is 0. The van der Waals surface area contributed by atoms with Crippen molar-refractivity contribution < 1.29 is 0 Å². The molecule has 1 aromatic rings. The van der Waals surface area contributed by atoms with Crippen molar-refractivity contribution in [2.24, 2.45) is 17.8 Å². The van der Waals surface area contributed by atoms with Gasteiger partial charge in [-0.2, -0.15) is 0 Å². The summed E-state index contributed by atoms with van der Waals surface area (Å²) in [4.78, 5) is 0. The molecule has 0 nitrogen and oxygen atoms in total. The van der Waals surface area contributed by atoms with Crippen LogP contribution in [0.1, 0.15) is 134 Å². The molecule has 32 heavy (non-hydrogen) atoms. The molecule has 1 saturated carbocycles. The summed E-state index contributed by atoms with van der Waals surface area (Å²) in [5.74, 6) is 3.09. The van der Waals surface area contributed by atoms with Gasteiger partial charge in [0.1, 0.15) is 0 Å². The molecule has 1 fully saturated rings. The first-order valence-electron chi connectivity index (χ1n) is 14.5. The highest BCUT2D eigenvalue weighted by Crippen LogP contribution is 2.37. The Balaban J connectivity index is 1.27. The second-order valence-corrected chi connectivity index (χ2v) is 11.2. The SMILES string of the molecule is CCCCCc1ccc(CCC2=CCC(CCC3CCC(CCCCC)CC3)CC2)cc1. The van der Waals surface area contributed by atoms with Crippen molar-refractivity contribution in [1.29, 1.82) is 0 Å². The molecule has 0 aromatic heterocycles. The molecule has 1 aromatic carbocycles. The molecule has 0 heterocycles. The number of aryl methyl sites for hydroxylation is 2. The van der Waals surface area contributed by atoms with Crippen LogP contribution in [0.2, 0.25) is 0 Å². The fourth-order valence-corrected chi connectivity index (χ4v) is 6.15. The van der Waals surface area contributed by atoms with Crippen LogP contribution in [-0.2, 0) is 12.8 Å². The van der Waals surface area contributed by atoms with Gasteiger partial charge < -0.3 is 0 Å². The average Bonchev–Trinajstić information content (AvgIpc) is 2.84. The first-order valence-corrected chi connectivity index (χ1v) is 14.5. The maximum Gasteiger partial charge on any atom is -0.0241 e. The molecule has 3 rings (SSSR count). The lowest BCUT2D eigenvalue weighted by atomic mass is 9.76. The monoisotopic (exact) mass is 436 g/mol. The predicted molar refractivity (Wildman–Crippen MR) is 142 cm³/mol. The van der Waals surface area contributed by atoms with Gasteiger partial charge in [-0.05, 0) is 80.2 Å². The Morgan fingerprint density at radius 2 is 1.19 bits per heavy atom. The van der Waals surface area contributed by atoms with Crippen LogP contribution in [0, 0.1) is 17.8 Å². The van der Waals surface area contributed by atoms with Crippen LogP contribution in [0.4, 0.5) is 0 Å². The highest BCUT2D eigenvalue weighted by molar-refractivity contribution is 5.23. The quantitative estimate of drug-likeness (QED) is 0.201. The lowest BCUT2D eigenvalue weighted by Gasteiger charge is -2.30. The third-order valence-corrected chi connectivity index (χ3v) is 8.61. The molecular formula is C32H52. The van der Waals surface area contributed by atoms with E-state index in [2.05, 4.69) is 44.2 Å². The maximum atomic E-state index is 2.62. The molecule has 180 valence electrons. The molecule has 0 heteroatoms. The Kier molecular flexibility index (Phi) is 12.0. The van der Waals surface area contributed by atoms with Crippen LogP contribution in [-0.4, -0.2) is 0 Å². The lowest BCUT2D eigenvalue weighted by Crippen LogP contribution is -2.16. The van der Waals surface area contributed by atoms with E-state index in [1.165, 1.54) is 133 Å². The van der Waals surface area contributed by atoms with E-state index in [1.54, 1.807) is 5.57 Å². The van der Waals surface area contributed by atoms with E-state index in [4.69, 9.17) is 0 Å². The largest absolute Gasteiger partial charge is 0.0850 e. The molecule has 0 bridgehead atoms. The minimum atomic E-state index is 0.975. The summed E-state index contributed by atoms with van der Waals surface area (Å²) in [7, 11) is 0. The van der Waals surface area contributed by atoms with E-state index in [0.29, 0.717) is 0 Å². The standard InChI is InChI=1S/C32H52/c1-3-5-7-9-27-11-15-29(16-12-27)19-21-31-23-25-32(26-24-31)22-20-30-17-13-28(14-18-30)10-8-6-4-2/h11-12,15-16,23,28,30,32H,3-10,13-14,17-22,24-26H2,1-2H3. The highest BCUT2D eigenvalue weighted by atomic mass is 14.3. The van der Waals surface area contributed by atoms with Crippen molar-refractivity contribution in [3.05, 3.63) is 47.0 Å². The number of hydrogen-bond donors (Lipinski definition) is 0.